The predicted molar refractivity (Wildman–Crippen MR) is 118 cm³/mol. The molecule has 1 aliphatic rings. The molecule has 0 atom stereocenters. The fourth-order valence-electron chi connectivity index (χ4n) is 3.62. The normalized spacial score (nSPS) is 15.1. The Morgan fingerprint density at radius 2 is 2.07 bits per heavy atom. The van der Waals surface area contributed by atoms with Gasteiger partial charge in [-0.25, -0.2) is 9.50 Å². The molecule has 1 aliphatic heterocycles. The van der Waals surface area contributed by atoms with Crippen molar-refractivity contribution in [3.8, 4) is 11.1 Å². The summed E-state index contributed by atoms with van der Waals surface area (Å²) >= 11 is 0. The minimum Gasteiger partial charge on any atom is -0.368 e. The third-order valence-electron chi connectivity index (χ3n) is 5.31. The Balaban J connectivity index is 1.59. The quantitative estimate of drug-likeness (QED) is 0.688. The van der Waals surface area contributed by atoms with Gasteiger partial charge in [0.2, 0.25) is 5.91 Å². The summed E-state index contributed by atoms with van der Waals surface area (Å²) in [5, 5.41) is 11.3. The third kappa shape index (κ3) is 4.77. The predicted octanol–water partition coefficient (Wildman–Crippen LogP) is 1.69. The van der Waals surface area contributed by atoms with E-state index in [1.807, 2.05) is 42.4 Å². The van der Waals surface area contributed by atoms with Crippen molar-refractivity contribution < 1.29 is 4.79 Å². The van der Waals surface area contributed by atoms with Gasteiger partial charge in [0.25, 0.3) is 0 Å². The van der Waals surface area contributed by atoms with E-state index < -0.39 is 0 Å². The first-order chi connectivity index (χ1) is 14.6. The van der Waals surface area contributed by atoms with E-state index in [-0.39, 0.29) is 5.91 Å². The van der Waals surface area contributed by atoms with Gasteiger partial charge in [-0.3, -0.25) is 4.79 Å². The van der Waals surface area contributed by atoms with Gasteiger partial charge in [0, 0.05) is 57.4 Å². The molecular weight excluding hydrogens is 378 g/mol. The molecule has 0 aliphatic carbocycles. The van der Waals surface area contributed by atoms with E-state index in [4.69, 9.17) is 4.98 Å². The van der Waals surface area contributed by atoms with Gasteiger partial charge in [0.1, 0.15) is 5.82 Å². The van der Waals surface area contributed by atoms with Crippen molar-refractivity contribution >= 4 is 17.4 Å². The molecule has 2 aromatic heterocycles. The monoisotopic (exact) mass is 407 g/mol. The number of anilines is 1. The molecule has 1 aromatic carbocycles. The topological polar surface area (TPSA) is 77.8 Å². The highest BCUT2D eigenvalue weighted by molar-refractivity contribution is 5.78. The zero-order valence-corrected chi connectivity index (χ0v) is 17.6. The number of nitrogens with zero attached hydrogens (tertiary/aromatic N) is 5. The maximum atomic E-state index is 12.7. The van der Waals surface area contributed by atoms with Crippen molar-refractivity contribution in [2.75, 3.05) is 52.1 Å². The molecular formula is C22H29N7O. The van der Waals surface area contributed by atoms with Gasteiger partial charge in [0.15, 0.2) is 5.65 Å². The molecule has 0 fully saturated rings. The van der Waals surface area contributed by atoms with E-state index in [0.29, 0.717) is 26.1 Å². The van der Waals surface area contributed by atoms with Gasteiger partial charge in [-0.15, -0.1) is 0 Å². The molecule has 2 N–H and O–H groups in total. The van der Waals surface area contributed by atoms with Crippen molar-refractivity contribution in [3.63, 3.8) is 0 Å². The van der Waals surface area contributed by atoms with Gasteiger partial charge < -0.3 is 20.4 Å². The summed E-state index contributed by atoms with van der Waals surface area (Å²) in [5.74, 6) is 0.967. The van der Waals surface area contributed by atoms with Crippen LogP contribution in [0.2, 0.25) is 0 Å². The lowest BCUT2D eigenvalue weighted by molar-refractivity contribution is -0.131. The van der Waals surface area contributed by atoms with Crippen LogP contribution in [0.25, 0.3) is 16.8 Å². The highest BCUT2D eigenvalue weighted by atomic mass is 16.2. The average molecular weight is 408 g/mol. The Hall–Kier alpha value is -2.97. The smallest absolute Gasteiger partial charge is 0.223 e. The second-order valence-corrected chi connectivity index (χ2v) is 7.88. The van der Waals surface area contributed by atoms with E-state index in [1.165, 1.54) is 5.56 Å². The van der Waals surface area contributed by atoms with E-state index in [1.54, 1.807) is 4.52 Å². The Morgan fingerprint density at radius 1 is 1.20 bits per heavy atom. The molecule has 0 saturated carbocycles. The molecule has 0 saturated heterocycles. The number of carbonyl (C=O) groups excluding carboxylic acids is 1. The Bertz CT molecular complexity index is 1010. The lowest BCUT2D eigenvalue weighted by Crippen LogP contribution is -2.40. The number of hydrogen-bond acceptors (Lipinski definition) is 6. The number of aromatic nitrogens is 3. The molecule has 1 amide bonds. The van der Waals surface area contributed by atoms with Crippen LogP contribution in [0.5, 0.6) is 0 Å². The highest BCUT2D eigenvalue weighted by Crippen LogP contribution is 2.25. The van der Waals surface area contributed by atoms with Crippen LogP contribution in [-0.2, 0) is 11.3 Å². The first kappa shape index (κ1) is 20.3. The molecule has 8 heteroatoms. The lowest BCUT2D eigenvalue weighted by Gasteiger charge is -2.24. The molecule has 30 heavy (non-hydrogen) atoms. The molecule has 0 spiro atoms. The highest BCUT2D eigenvalue weighted by Gasteiger charge is 2.14. The summed E-state index contributed by atoms with van der Waals surface area (Å²) in [6.07, 6.45) is 4.30. The van der Waals surface area contributed by atoms with Crippen LogP contribution >= 0.6 is 0 Å². The first-order valence-electron chi connectivity index (χ1n) is 10.4. The van der Waals surface area contributed by atoms with Crippen LogP contribution < -0.4 is 10.6 Å². The standard InChI is InChI=1S/C22H29N7O/c1-27(2)10-7-21(30)28-12-8-23-15-17-4-3-5-18(14-17)19-16-25-29-11-6-20(24-9-13-28)26-22(19)29/h3-6,11,14,16,23H,7-10,12-13,15H2,1-2H3,(H,24,26). The SMILES string of the molecule is CN(C)CCC(=O)N1CCNCc2cccc(c2)-c2cnn3ccc(nc23)NCC1. The summed E-state index contributed by atoms with van der Waals surface area (Å²) in [6, 6.07) is 10.4. The Labute approximate surface area is 176 Å². The van der Waals surface area contributed by atoms with Crippen LogP contribution in [0.1, 0.15) is 12.0 Å². The lowest BCUT2D eigenvalue weighted by atomic mass is 10.1. The van der Waals surface area contributed by atoms with Crippen LogP contribution in [0, 0.1) is 0 Å². The number of nitrogens with one attached hydrogen (secondary N) is 2. The summed E-state index contributed by atoms with van der Waals surface area (Å²) in [4.78, 5) is 21.5. The summed E-state index contributed by atoms with van der Waals surface area (Å²) < 4.78 is 1.79. The third-order valence-corrected chi connectivity index (χ3v) is 5.31. The zero-order valence-electron chi connectivity index (χ0n) is 17.6. The van der Waals surface area contributed by atoms with Crippen molar-refractivity contribution in [1.82, 2.24) is 29.7 Å². The van der Waals surface area contributed by atoms with Gasteiger partial charge in [-0.05, 0) is 37.4 Å². The number of hydrogen-bond donors (Lipinski definition) is 2. The zero-order chi connectivity index (χ0) is 20.9. The fraction of sp³-hybridized carbons (Fsp3) is 0.409. The molecule has 158 valence electrons. The number of benzene rings is 1. The summed E-state index contributed by atoms with van der Waals surface area (Å²) in [7, 11) is 3.98. The van der Waals surface area contributed by atoms with Gasteiger partial charge in [-0.2, -0.15) is 5.10 Å². The maximum absolute atomic E-state index is 12.7. The summed E-state index contributed by atoms with van der Waals surface area (Å²) in [6.45, 7) is 4.23. The number of rotatable bonds is 3. The Morgan fingerprint density at radius 3 is 2.93 bits per heavy atom. The van der Waals surface area contributed by atoms with Crippen LogP contribution in [-0.4, -0.2) is 77.1 Å². The minimum atomic E-state index is 0.181. The molecule has 4 bridgehead atoms. The van der Waals surface area contributed by atoms with E-state index in [9.17, 15) is 4.79 Å². The second-order valence-electron chi connectivity index (χ2n) is 7.88. The van der Waals surface area contributed by atoms with Crippen molar-refractivity contribution in [2.24, 2.45) is 0 Å². The largest absolute Gasteiger partial charge is 0.368 e. The maximum Gasteiger partial charge on any atom is 0.223 e. The first-order valence-corrected chi connectivity index (χ1v) is 10.4. The number of fused-ring (bicyclic) bond motifs is 4. The van der Waals surface area contributed by atoms with Crippen molar-refractivity contribution in [1.29, 1.82) is 0 Å². The van der Waals surface area contributed by atoms with E-state index in [2.05, 4.69) is 40.0 Å². The number of carbonyl (C=O) groups is 1. The average Bonchev–Trinajstić information content (AvgIpc) is 3.16. The van der Waals surface area contributed by atoms with Crippen LogP contribution in [0.3, 0.4) is 0 Å². The van der Waals surface area contributed by atoms with Crippen molar-refractivity contribution in [2.45, 2.75) is 13.0 Å². The molecule has 3 heterocycles. The summed E-state index contributed by atoms with van der Waals surface area (Å²) in [5.41, 5.74) is 4.13. The van der Waals surface area contributed by atoms with Crippen LogP contribution in [0.15, 0.2) is 42.7 Å². The van der Waals surface area contributed by atoms with Crippen LogP contribution in [0.4, 0.5) is 5.82 Å². The fourth-order valence-corrected chi connectivity index (χ4v) is 3.62. The van der Waals surface area contributed by atoms with Gasteiger partial charge in [0.05, 0.1) is 6.20 Å². The van der Waals surface area contributed by atoms with E-state index in [0.717, 1.165) is 42.2 Å². The molecule has 4 rings (SSSR count). The second kappa shape index (κ2) is 9.23. The van der Waals surface area contributed by atoms with E-state index >= 15 is 0 Å². The number of amides is 1. The molecule has 3 aromatic rings. The molecule has 0 unspecified atom stereocenters. The van der Waals surface area contributed by atoms with Gasteiger partial charge >= 0.3 is 0 Å². The molecule has 0 radical (unpaired) electrons. The van der Waals surface area contributed by atoms with Gasteiger partial charge in [-0.1, -0.05) is 18.2 Å². The van der Waals surface area contributed by atoms with Crippen molar-refractivity contribution in [3.05, 3.63) is 48.3 Å². The molecule has 8 nitrogen and oxygen atoms in total. The Kier molecular flexibility index (Phi) is 6.25. The minimum absolute atomic E-state index is 0.181.